The zero-order chi connectivity index (χ0) is 22.8. The van der Waals surface area contributed by atoms with Crippen LogP contribution in [0.25, 0.3) is 5.69 Å². The van der Waals surface area contributed by atoms with Crippen LogP contribution in [0.2, 0.25) is 0 Å². The normalized spacial score (nSPS) is 15.1. The molecule has 0 bridgehead atoms. The quantitative estimate of drug-likeness (QED) is 0.284. The fourth-order valence-electron chi connectivity index (χ4n) is 3.43. The average molecular weight is 506 g/mol. The third-order valence-corrected chi connectivity index (χ3v) is 8.61. The second-order valence-corrected chi connectivity index (χ2v) is 12.3. The highest BCUT2D eigenvalue weighted by molar-refractivity contribution is 8.01. The van der Waals surface area contributed by atoms with Gasteiger partial charge in [-0.05, 0) is 42.9 Å². The Bertz CT molecular complexity index is 1200. The molecule has 1 N–H and O–H groups in total. The number of aryl methyl sites for hydroxylation is 2. The summed E-state index contributed by atoms with van der Waals surface area (Å²) in [5.41, 5.74) is 3.67. The van der Waals surface area contributed by atoms with Crippen molar-refractivity contribution in [3.63, 3.8) is 0 Å². The van der Waals surface area contributed by atoms with Gasteiger partial charge in [0, 0.05) is 11.7 Å². The van der Waals surface area contributed by atoms with Gasteiger partial charge < -0.3 is 0 Å². The van der Waals surface area contributed by atoms with Gasteiger partial charge in [-0.3, -0.25) is 19.5 Å². The van der Waals surface area contributed by atoms with Crippen LogP contribution in [0.15, 0.2) is 37.4 Å². The van der Waals surface area contributed by atoms with Crippen LogP contribution in [0.1, 0.15) is 30.7 Å². The van der Waals surface area contributed by atoms with Crippen molar-refractivity contribution in [3.05, 3.63) is 45.4 Å². The predicted molar refractivity (Wildman–Crippen MR) is 134 cm³/mol. The first-order valence-corrected chi connectivity index (χ1v) is 13.8. The molecule has 1 aliphatic heterocycles. The maximum absolute atomic E-state index is 13.4. The third-order valence-electron chi connectivity index (χ3n) is 4.60. The number of nitrogens with one attached hydrogen (secondary N) is 1. The smallest absolute Gasteiger partial charge is 0.272 e. The zero-order valence-electron chi connectivity index (χ0n) is 18.2. The molecule has 0 fully saturated rings. The van der Waals surface area contributed by atoms with E-state index in [4.69, 9.17) is 4.98 Å². The van der Waals surface area contributed by atoms with Gasteiger partial charge >= 0.3 is 0 Å². The molecule has 1 atom stereocenters. The number of thioether (sulfide) groups is 3. The lowest BCUT2D eigenvalue weighted by atomic mass is 10.1. The molecule has 32 heavy (non-hydrogen) atoms. The van der Waals surface area contributed by atoms with Crippen molar-refractivity contribution in [1.82, 2.24) is 19.7 Å². The SMILES string of the molecule is CCSc1nnc(NC(=O)CSc2nc3c(c(=O)n2-c2cc(C)cc(C)c2)SC(C)C3)s1. The van der Waals surface area contributed by atoms with Crippen molar-refractivity contribution in [2.45, 2.75) is 53.8 Å². The van der Waals surface area contributed by atoms with Crippen molar-refractivity contribution in [1.29, 1.82) is 0 Å². The number of nitrogens with zero attached hydrogens (tertiary/aromatic N) is 4. The van der Waals surface area contributed by atoms with E-state index in [1.165, 1.54) is 23.1 Å². The molecule has 0 radical (unpaired) electrons. The maximum Gasteiger partial charge on any atom is 0.272 e. The molecular weight excluding hydrogens is 483 g/mol. The number of anilines is 1. The van der Waals surface area contributed by atoms with Crippen molar-refractivity contribution in [2.75, 3.05) is 16.8 Å². The summed E-state index contributed by atoms with van der Waals surface area (Å²) in [6, 6.07) is 6.02. The molecule has 1 amide bonds. The largest absolute Gasteiger partial charge is 0.300 e. The minimum Gasteiger partial charge on any atom is -0.300 e. The van der Waals surface area contributed by atoms with Gasteiger partial charge in [0.2, 0.25) is 11.0 Å². The lowest BCUT2D eigenvalue weighted by Gasteiger charge is -2.14. The second kappa shape index (κ2) is 9.98. The molecule has 7 nitrogen and oxygen atoms in total. The molecule has 4 rings (SSSR count). The molecule has 3 heterocycles. The summed E-state index contributed by atoms with van der Waals surface area (Å²) in [4.78, 5) is 31.5. The number of hydrogen-bond donors (Lipinski definition) is 1. The lowest BCUT2D eigenvalue weighted by molar-refractivity contribution is -0.113. The number of rotatable bonds is 7. The summed E-state index contributed by atoms with van der Waals surface area (Å²) >= 11 is 5.78. The first-order valence-electron chi connectivity index (χ1n) is 10.1. The minimum atomic E-state index is -0.205. The van der Waals surface area contributed by atoms with E-state index in [1.54, 1.807) is 28.1 Å². The van der Waals surface area contributed by atoms with Crippen LogP contribution in [0.4, 0.5) is 5.13 Å². The number of amides is 1. The number of carbonyl (C=O) groups is 1. The molecule has 0 saturated carbocycles. The van der Waals surface area contributed by atoms with E-state index in [1.807, 2.05) is 32.9 Å². The van der Waals surface area contributed by atoms with Gasteiger partial charge in [-0.15, -0.1) is 22.0 Å². The van der Waals surface area contributed by atoms with Gasteiger partial charge in [0.1, 0.15) is 0 Å². The summed E-state index contributed by atoms with van der Waals surface area (Å²) in [6.45, 7) is 8.15. The van der Waals surface area contributed by atoms with Crippen LogP contribution in [-0.2, 0) is 11.2 Å². The highest BCUT2D eigenvalue weighted by atomic mass is 32.2. The van der Waals surface area contributed by atoms with Crippen molar-refractivity contribution in [2.24, 2.45) is 0 Å². The van der Waals surface area contributed by atoms with E-state index in [0.29, 0.717) is 20.4 Å². The van der Waals surface area contributed by atoms with E-state index in [2.05, 4.69) is 28.5 Å². The Morgan fingerprint density at radius 2 is 1.97 bits per heavy atom. The summed E-state index contributed by atoms with van der Waals surface area (Å²) in [5.74, 6) is 0.813. The van der Waals surface area contributed by atoms with Crippen LogP contribution in [0.5, 0.6) is 0 Å². The molecule has 11 heteroatoms. The fourth-order valence-corrected chi connectivity index (χ4v) is 7.02. The third kappa shape index (κ3) is 5.22. The fraction of sp³-hybridized carbons (Fsp3) is 0.381. The van der Waals surface area contributed by atoms with Crippen molar-refractivity contribution < 1.29 is 4.79 Å². The highest BCUT2D eigenvalue weighted by Crippen LogP contribution is 2.35. The monoisotopic (exact) mass is 505 g/mol. The predicted octanol–water partition coefficient (Wildman–Crippen LogP) is 4.58. The van der Waals surface area contributed by atoms with Crippen molar-refractivity contribution in [3.8, 4) is 5.69 Å². The van der Waals surface area contributed by atoms with Crippen LogP contribution >= 0.6 is 46.6 Å². The number of hydrogen-bond acceptors (Lipinski definition) is 9. The molecule has 168 valence electrons. The Morgan fingerprint density at radius 3 is 2.69 bits per heavy atom. The summed E-state index contributed by atoms with van der Waals surface area (Å²) < 4.78 is 2.47. The molecule has 3 aromatic rings. The minimum absolute atomic E-state index is 0.0670. The molecule has 2 aromatic heterocycles. The summed E-state index contributed by atoms with van der Waals surface area (Å²) in [5, 5.41) is 12.2. The number of fused-ring (bicyclic) bond motifs is 1. The second-order valence-electron chi connectivity index (χ2n) is 7.43. The van der Waals surface area contributed by atoms with Crippen LogP contribution in [0.3, 0.4) is 0 Å². The van der Waals surface area contributed by atoms with E-state index < -0.39 is 0 Å². The summed E-state index contributed by atoms with van der Waals surface area (Å²) in [6.07, 6.45) is 0.755. The lowest BCUT2D eigenvalue weighted by Crippen LogP contribution is -2.25. The highest BCUT2D eigenvalue weighted by Gasteiger charge is 2.27. The Labute approximate surface area is 203 Å². The van der Waals surface area contributed by atoms with Gasteiger partial charge in [-0.2, -0.15) is 0 Å². The van der Waals surface area contributed by atoms with Gasteiger partial charge in [-0.25, -0.2) is 4.98 Å². The molecular formula is C21H23N5O2S4. The molecule has 0 spiro atoms. The van der Waals surface area contributed by atoms with Crippen LogP contribution in [0, 0.1) is 13.8 Å². The number of benzene rings is 1. The number of aromatic nitrogens is 4. The van der Waals surface area contributed by atoms with Gasteiger partial charge in [0.25, 0.3) is 5.56 Å². The standard InChI is InChI=1S/C21H23N5O2S4/c1-5-29-21-25-24-19(32-21)23-16(27)10-30-20-22-15-9-13(4)31-17(15)18(28)26(20)14-7-11(2)6-12(3)8-14/h6-8,13H,5,9-10H2,1-4H3,(H,23,24,27). The van der Waals surface area contributed by atoms with Crippen LogP contribution < -0.4 is 10.9 Å². The molecule has 0 aliphatic carbocycles. The van der Waals surface area contributed by atoms with E-state index >= 15 is 0 Å². The van der Waals surface area contributed by atoms with Crippen molar-refractivity contribution >= 4 is 57.7 Å². The topological polar surface area (TPSA) is 89.8 Å². The zero-order valence-corrected chi connectivity index (χ0v) is 21.4. The first kappa shape index (κ1) is 23.3. The summed E-state index contributed by atoms with van der Waals surface area (Å²) in [7, 11) is 0. The van der Waals surface area contributed by atoms with Crippen LogP contribution in [-0.4, -0.2) is 42.4 Å². The Hall–Kier alpha value is -1.82. The Balaban J connectivity index is 1.61. The number of carbonyl (C=O) groups excluding carboxylic acids is 1. The maximum atomic E-state index is 13.4. The average Bonchev–Trinajstić information content (AvgIpc) is 3.31. The van der Waals surface area contributed by atoms with Gasteiger partial charge in [0.15, 0.2) is 9.50 Å². The molecule has 1 aromatic carbocycles. The Morgan fingerprint density at radius 1 is 1.22 bits per heavy atom. The van der Waals surface area contributed by atoms with E-state index in [-0.39, 0.29) is 17.2 Å². The Kier molecular flexibility index (Phi) is 7.28. The van der Waals surface area contributed by atoms with E-state index in [9.17, 15) is 9.59 Å². The molecule has 1 aliphatic rings. The first-order chi connectivity index (χ1) is 15.3. The van der Waals surface area contributed by atoms with E-state index in [0.717, 1.165) is 39.0 Å². The molecule has 0 saturated heterocycles. The molecule has 1 unspecified atom stereocenters. The van der Waals surface area contributed by atoms with Gasteiger partial charge in [0.05, 0.1) is 22.0 Å². The van der Waals surface area contributed by atoms with Gasteiger partial charge in [-0.1, -0.05) is 54.8 Å².